The molecule has 0 spiro atoms. The van der Waals surface area contributed by atoms with Gasteiger partial charge in [0.15, 0.2) is 0 Å². The Morgan fingerprint density at radius 1 is 1.32 bits per heavy atom. The van der Waals surface area contributed by atoms with Gasteiger partial charge in [-0.15, -0.1) is 0 Å². The molecule has 0 aliphatic carbocycles. The Kier molecular flexibility index (Phi) is 4.13. The third-order valence-corrected chi connectivity index (χ3v) is 4.42. The molecule has 2 heterocycles. The van der Waals surface area contributed by atoms with Gasteiger partial charge in [-0.1, -0.05) is 30.3 Å². The standard InChI is InChI=1S/C17H22N4O/c1-20-16(18)15(12-19-20)17(22)21-10-6-5-9-14(21)11-13-7-3-2-4-8-13/h2-4,7-8,12,14H,5-6,9-11,18H2,1H3/t14-/m0/s1. The van der Waals surface area contributed by atoms with Crippen LogP contribution < -0.4 is 5.73 Å². The highest BCUT2D eigenvalue weighted by Gasteiger charge is 2.29. The highest BCUT2D eigenvalue weighted by atomic mass is 16.2. The number of carbonyl (C=O) groups excluding carboxylic acids is 1. The number of hydrogen-bond donors (Lipinski definition) is 1. The maximum Gasteiger partial charge on any atom is 0.259 e. The molecule has 1 aromatic carbocycles. The predicted octanol–water partition coefficient (Wildman–Crippen LogP) is 2.24. The van der Waals surface area contributed by atoms with E-state index in [2.05, 4.69) is 17.2 Å². The van der Waals surface area contributed by atoms with Gasteiger partial charge in [0.1, 0.15) is 11.4 Å². The van der Waals surface area contributed by atoms with Crippen molar-refractivity contribution in [3.8, 4) is 0 Å². The van der Waals surface area contributed by atoms with E-state index >= 15 is 0 Å². The largest absolute Gasteiger partial charge is 0.383 e. The second-order valence-corrected chi connectivity index (χ2v) is 5.90. The molecule has 1 aliphatic rings. The summed E-state index contributed by atoms with van der Waals surface area (Å²) in [6, 6.07) is 10.6. The molecule has 2 N–H and O–H groups in total. The van der Waals surface area contributed by atoms with Crippen molar-refractivity contribution in [3.05, 3.63) is 47.7 Å². The highest BCUT2D eigenvalue weighted by molar-refractivity contribution is 5.98. The van der Waals surface area contributed by atoms with Gasteiger partial charge in [-0.25, -0.2) is 0 Å². The third kappa shape index (κ3) is 2.84. The van der Waals surface area contributed by atoms with E-state index in [1.807, 2.05) is 23.1 Å². The number of aromatic nitrogens is 2. The van der Waals surface area contributed by atoms with Crippen LogP contribution in [-0.2, 0) is 13.5 Å². The van der Waals surface area contributed by atoms with Gasteiger partial charge in [0.2, 0.25) is 0 Å². The van der Waals surface area contributed by atoms with E-state index in [0.29, 0.717) is 11.4 Å². The van der Waals surface area contributed by atoms with Crippen molar-refractivity contribution in [1.82, 2.24) is 14.7 Å². The summed E-state index contributed by atoms with van der Waals surface area (Å²) >= 11 is 0. The molecule has 1 aliphatic heterocycles. The first-order valence-corrected chi connectivity index (χ1v) is 7.79. The molecule has 0 bridgehead atoms. The lowest BCUT2D eigenvalue weighted by molar-refractivity contribution is 0.0614. The number of likely N-dealkylation sites (tertiary alicyclic amines) is 1. The Labute approximate surface area is 130 Å². The topological polar surface area (TPSA) is 64.2 Å². The fraction of sp³-hybridized carbons (Fsp3) is 0.412. The quantitative estimate of drug-likeness (QED) is 0.945. The molecule has 1 atom stereocenters. The average molecular weight is 298 g/mol. The molecule has 116 valence electrons. The number of amides is 1. The number of piperidine rings is 1. The fourth-order valence-electron chi connectivity index (χ4n) is 3.13. The van der Waals surface area contributed by atoms with Gasteiger partial charge in [-0.2, -0.15) is 5.10 Å². The second kappa shape index (κ2) is 6.22. The number of benzene rings is 1. The van der Waals surface area contributed by atoms with Crippen molar-refractivity contribution < 1.29 is 4.79 Å². The minimum Gasteiger partial charge on any atom is -0.383 e. The number of anilines is 1. The van der Waals surface area contributed by atoms with Crippen molar-refractivity contribution in [2.75, 3.05) is 12.3 Å². The van der Waals surface area contributed by atoms with E-state index < -0.39 is 0 Å². The number of aryl methyl sites for hydroxylation is 1. The first-order chi connectivity index (χ1) is 10.7. The monoisotopic (exact) mass is 298 g/mol. The summed E-state index contributed by atoms with van der Waals surface area (Å²) in [6.07, 6.45) is 5.74. The van der Waals surface area contributed by atoms with Crippen molar-refractivity contribution in [2.45, 2.75) is 31.7 Å². The van der Waals surface area contributed by atoms with Gasteiger partial charge in [0, 0.05) is 19.6 Å². The van der Waals surface area contributed by atoms with Crippen LogP contribution in [0.3, 0.4) is 0 Å². The Balaban J connectivity index is 1.80. The summed E-state index contributed by atoms with van der Waals surface area (Å²) < 4.78 is 1.55. The summed E-state index contributed by atoms with van der Waals surface area (Å²) in [5, 5.41) is 4.09. The van der Waals surface area contributed by atoms with Crippen LogP contribution in [0.25, 0.3) is 0 Å². The fourth-order valence-corrected chi connectivity index (χ4v) is 3.13. The van der Waals surface area contributed by atoms with E-state index in [-0.39, 0.29) is 11.9 Å². The molecule has 1 fully saturated rings. The lowest BCUT2D eigenvalue weighted by atomic mass is 9.95. The van der Waals surface area contributed by atoms with Crippen LogP contribution in [0, 0.1) is 0 Å². The number of nitrogen functional groups attached to an aromatic ring is 1. The summed E-state index contributed by atoms with van der Waals surface area (Å²) in [5.74, 6) is 0.445. The van der Waals surface area contributed by atoms with Crippen LogP contribution in [0.2, 0.25) is 0 Å². The molecule has 0 radical (unpaired) electrons. The molecule has 0 unspecified atom stereocenters. The van der Waals surface area contributed by atoms with Gasteiger partial charge in [0.05, 0.1) is 6.20 Å². The molecular formula is C17H22N4O. The van der Waals surface area contributed by atoms with Crippen LogP contribution in [0.15, 0.2) is 36.5 Å². The van der Waals surface area contributed by atoms with Crippen molar-refractivity contribution in [2.24, 2.45) is 7.05 Å². The third-order valence-electron chi connectivity index (χ3n) is 4.42. The van der Waals surface area contributed by atoms with Crippen molar-refractivity contribution >= 4 is 11.7 Å². The molecule has 1 aromatic heterocycles. The maximum absolute atomic E-state index is 12.8. The normalized spacial score (nSPS) is 18.4. The highest BCUT2D eigenvalue weighted by Crippen LogP contribution is 2.24. The summed E-state index contributed by atoms with van der Waals surface area (Å²) in [6.45, 7) is 0.796. The Morgan fingerprint density at radius 2 is 2.09 bits per heavy atom. The van der Waals surface area contributed by atoms with Gasteiger partial charge in [-0.05, 0) is 31.2 Å². The average Bonchev–Trinajstić information content (AvgIpc) is 2.88. The number of rotatable bonds is 3. The number of nitrogens with zero attached hydrogens (tertiary/aromatic N) is 3. The first-order valence-electron chi connectivity index (χ1n) is 7.79. The molecule has 1 amide bonds. The zero-order valence-electron chi connectivity index (χ0n) is 12.9. The van der Waals surface area contributed by atoms with E-state index in [4.69, 9.17) is 5.73 Å². The van der Waals surface area contributed by atoms with Crippen LogP contribution in [0.5, 0.6) is 0 Å². The van der Waals surface area contributed by atoms with E-state index in [1.54, 1.807) is 17.9 Å². The van der Waals surface area contributed by atoms with Crippen molar-refractivity contribution in [1.29, 1.82) is 0 Å². The van der Waals surface area contributed by atoms with E-state index in [0.717, 1.165) is 25.8 Å². The number of carbonyl (C=O) groups is 1. The smallest absolute Gasteiger partial charge is 0.259 e. The van der Waals surface area contributed by atoms with Crippen LogP contribution >= 0.6 is 0 Å². The van der Waals surface area contributed by atoms with Gasteiger partial charge in [-0.3, -0.25) is 9.48 Å². The first kappa shape index (κ1) is 14.6. The Morgan fingerprint density at radius 3 is 2.77 bits per heavy atom. The van der Waals surface area contributed by atoms with Gasteiger partial charge < -0.3 is 10.6 Å². The predicted molar refractivity (Wildman–Crippen MR) is 86.4 cm³/mol. The maximum atomic E-state index is 12.8. The minimum atomic E-state index is 0.00577. The molecule has 5 nitrogen and oxygen atoms in total. The summed E-state index contributed by atoms with van der Waals surface area (Å²) in [5.41, 5.74) is 7.75. The molecule has 1 saturated heterocycles. The Hall–Kier alpha value is -2.30. The Bertz CT molecular complexity index is 650. The molecule has 0 saturated carbocycles. The van der Waals surface area contributed by atoms with Crippen LogP contribution in [0.4, 0.5) is 5.82 Å². The molecular weight excluding hydrogens is 276 g/mol. The zero-order valence-corrected chi connectivity index (χ0v) is 12.9. The van der Waals surface area contributed by atoms with Gasteiger partial charge >= 0.3 is 0 Å². The molecule has 5 heteroatoms. The van der Waals surface area contributed by atoms with Gasteiger partial charge in [0.25, 0.3) is 5.91 Å². The number of hydrogen-bond acceptors (Lipinski definition) is 3. The zero-order chi connectivity index (χ0) is 15.5. The van der Waals surface area contributed by atoms with Crippen LogP contribution in [0.1, 0.15) is 35.2 Å². The molecule has 3 rings (SSSR count). The molecule has 22 heavy (non-hydrogen) atoms. The minimum absolute atomic E-state index is 0.00577. The number of nitrogens with two attached hydrogens (primary N) is 1. The van der Waals surface area contributed by atoms with Crippen LogP contribution in [-0.4, -0.2) is 33.2 Å². The lowest BCUT2D eigenvalue weighted by Crippen LogP contribution is -2.45. The summed E-state index contributed by atoms with van der Waals surface area (Å²) in [4.78, 5) is 14.8. The SMILES string of the molecule is Cn1ncc(C(=O)N2CCCC[C@H]2Cc2ccccc2)c1N. The van der Waals surface area contributed by atoms with Crippen molar-refractivity contribution in [3.63, 3.8) is 0 Å². The lowest BCUT2D eigenvalue weighted by Gasteiger charge is -2.36. The molecule has 2 aromatic rings. The van der Waals surface area contributed by atoms with E-state index in [1.165, 1.54) is 12.0 Å². The van der Waals surface area contributed by atoms with E-state index in [9.17, 15) is 4.79 Å². The second-order valence-electron chi connectivity index (χ2n) is 5.90. The summed E-state index contributed by atoms with van der Waals surface area (Å²) in [7, 11) is 1.75.